The van der Waals surface area contributed by atoms with E-state index < -0.39 is 5.82 Å². The van der Waals surface area contributed by atoms with Gasteiger partial charge in [-0.2, -0.15) is 0 Å². The van der Waals surface area contributed by atoms with E-state index in [9.17, 15) is 8.78 Å². The minimum Gasteiger partial charge on any atom is -0.489 e. The molecular formula is C14H11ClF2O. The van der Waals surface area contributed by atoms with Crippen molar-refractivity contribution in [1.82, 2.24) is 0 Å². The van der Waals surface area contributed by atoms with Gasteiger partial charge in [0.1, 0.15) is 24.0 Å². The van der Waals surface area contributed by atoms with Gasteiger partial charge >= 0.3 is 0 Å². The summed E-state index contributed by atoms with van der Waals surface area (Å²) in [7, 11) is 0. The maximum absolute atomic E-state index is 13.2. The van der Waals surface area contributed by atoms with Crippen molar-refractivity contribution < 1.29 is 13.5 Å². The van der Waals surface area contributed by atoms with Gasteiger partial charge in [-0.1, -0.05) is 23.7 Å². The number of hydrogen-bond acceptors (Lipinski definition) is 1. The Morgan fingerprint density at radius 2 is 1.94 bits per heavy atom. The average molecular weight is 269 g/mol. The summed E-state index contributed by atoms with van der Waals surface area (Å²) < 4.78 is 31.6. The Kier molecular flexibility index (Phi) is 3.82. The lowest BCUT2D eigenvalue weighted by Crippen LogP contribution is -1.99. The molecular weight excluding hydrogens is 258 g/mol. The molecule has 2 rings (SSSR count). The fraction of sp³-hybridized carbons (Fsp3) is 0.143. The third-order valence-electron chi connectivity index (χ3n) is 2.55. The first kappa shape index (κ1) is 12.8. The number of aryl methyl sites for hydroxylation is 1. The van der Waals surface area contributed by atoms with Crippen LogP contribution < -0.4 is 4.74 Å². The maximum Gasteiger partial charge on any atom is 0.142 e. The molecule has 0 aromatic heterocycles. The minimum absolute atomic E-state index is 0.0530. The summed E-state index contributed by atoms with van der Waals surface area (Å²) in [5.74, 6) is -0.242. The topological polar surface area (TPSA) is 9.23 Å². The van der Waals surface area contributed by atoms with Gasteiger partial charge < -0.3 is 4.74 Å². The lowest BCUT2D eigenvalue weighted by Gasteiger charge is -2.10. The Balaban J connectivity index is 2.14. The molecule has 0 amide bonds. The first-order valence-electron chi connectivity index (χ1n) is 5.40. The van der Waals surface area contributed by atoms with Crippen LogP contribution in [0.4, 0.5) is 8.78 Å². The van der Waals surface area contributed by atoms with E-state index in [0.29, 0.717) is 16.9 Å². The molecule has 0 aliphatic rings. The Bertz CT molecular complexity index is 570. The summed E-state index contributed by atoms with van der Waals surface area (Å²) in [6.07, 6.45) is 0. The van der Waals surface area contributed by atoms with Gasteiger partial charge in [-0.25, -0.2) is 8.78 Å². The Morgan fingerprint density at radius 3 is 2.67 bits per heavy atom. The van der Waals surface area contributed by atoms with Crippen molar-refractivity contribution in [2.24, 2.45) is 0 Å². The molecule has 0 N–H and O–H groups in total. The van der Waals surface area contributed by atoms with E-state index in [1.165, 1.54) is 24.3 Å². The Morgan fingerprint density at radius 1 is 1.17 bits per heavy atom. The number of benzene rings is 2. The molecule has 0 aliphatic heterocycles. The second-order valence-corrected chi connectivity index (χ2v) is 4.29. The van der Waals surface area contributed by atoms with Crippen LogP contribution in [-0.2, 0) is 6.61 Å². The highest BCUT2D eigenvalue weighted by molar-refractivity contribution is 6.31. The van der Waals surface area contributed by atoms with Crippen LogP contribution in [0.5, 0.6) is 5.75 Å². The first-order chi connectivity index (χ1) is 8.58. The smallest absolute Gasteiger partial charge is 0.142 e. The summed E-state index contributed by atoms with van der Waals surface area (Å²) >= 11 is 5.81. The summed E-state index contributed by atoms with van der Waals surface area (Å²) in [4.78, 5) is 0. The summed E-state index contributed by atoms with van der Waals surface area (Å²) in [5.41, 5.74) is 1.24. The zero-order chi connectivity index (χ0) is 13.1. The molecule has 0 heterocycles. The largest absolute Gasteiger partial charge is 0.489 e. The van der Waals surface area contributed by atoms with Crippen molar-refractivity contribution in [3.05, 3.63) is 64.2 Å². The first-order valence-corrected chi connectivity index (χ1v) is 5.77. The van der Waals surface area contributed by atoms with Crippen LogP contribution in [0.15, 0.2) is 36.4 Å². The highest BCUT2D eigenvalue weighted by Crippen LogP contribution is 2.23. The standard InChI is InChI=1S/C14H11ClF2O/c1-9-7-11(16)5-6-13(9)18-8-10-3-2-4-12(17)14(10)15/h2-7H,8H2,1H3. The molecule has 1 nitrogen and oxygen atoms in total. The second-order valence-electron chi connectivity index (χ2n) is 3.91. The quantitative estimate of drug-likeness (QED) is 0.796. The molecule has 94 valence electrons. The van der Waals surface area contributed by atoms with Crippen LogP contribution in [0.1, 0.15) is 11.1 Å². The van der Waals surface area contributed by atoms with E-state index in [1.807, 2.05) is 0 Å². The molecule has 2 aromatic rings. The predicted molar refractivity (Wildman–Crippen MR) is 66.9 cm³/mol. The highest BCUT2D eigenvalue weighted by Gasteiger charge is 2.07. The fourth-order valence-corrected chi connectivity index (χ4v) is 1.77. The summed E-state index contributed by atoms with van der Waals surface area (Å²) in [6, 6.07) is 8.77. The van der Waals surface area contributed by atoms with Gasteiger partial charge in [-0.15, -0.1) is 0 Å². The van der Waals surface area contributed by atoms with Crippen molar-refractivity contribution >= 4 is 11.6 Å². The van der Waals surface area contributed by atoms with Crippen LogP contribution in [-0.4, -0.2) is 0 Å². The molecule has 2 aromatic carbocycles. The molecule has 0 fully saturated rings. The number of rotatable bonds is 3. The average Bonchev–Trinajstić information content (AvgIpc) is 2.33. The SMILES string of the molecule is Cc1cc(F)ccc1OCc1cccc(F)c1Cl. The number of hydrogen-bond donors (Lipinski definition) is 0. The lowest BCUT2D eigenvalue weighted by molar-refractivity contribution is 0.303. The molecule has 0 unspecified atom stereocenters. The molecule has 0 radical (unpaired) electrons. The van der Waals surface area contributed by atoms with Gasteiger partial charge in [-0.3, -0.25) is 0 Å². The number of halogens is 3. The van der Waals surface area contributed by atoms with Gasteiger partial charge in [0, 0.05) is 5.56 Å². The van der Waals surface area contributed by atoms with Crippen LogP contribution in [0.25, 0.3) is 0 Å². The van der Waals surface area contributed by atoms with Gasteiger partial charge in [-0.05, 0) is 36.8 Å². The maximum atomic E-state index is 13.2. The normalized spacial score (nSPS) is 10.4. The van der Waals surface area contributed by atoms with Gasteiger partial charge in [0.2, 0.25) is 0 Å². The molecule has 4 heteroatoms. The van der Waals surface area contributed by atoms with Crippen molar-refractivity contribution in [2.45, 2.75) is 13.5 Å². The van der Waals surface area contributed by atoms with Gasteiger partial charge in [0.25, 0.3) is 0 Å². The summed E-state index contributed by atoms with van der Waals surface area (Å²) in [6.45, 7) is 1.88. The van der Waals surface area contributed by atoms with E-state index >= 15 is 0 Å². The molecule has 0 aliphatic carbocycles. The van der Waals surface area contributed by atoms with Crippen molar-refractivity contribution in [1.29, 1.82) is 0 Å². The number of ether oxygens (including phenoxy) is 1. The molecule has 0 saturated carbocycles. The molecule has 0 bridgehead atoms. The molecule has 0 atom stereocenters. The van der Waals surface area contributed by atoms with Crippen molar-refractivity contribution in [2.75, 3.05) is 0 Å². The van der Waals surface area contributed by atoms with Crippen molar-refractivity contribution in [3.63, 3.8) is 0 Å². The van der Waals surface area contributed by atoms with Crippen LogP contribution in [0.3, 0.4) is 0 Å². The van der Waals surface area contributed by atoms with E-state index in [0.717, 1.165) is 0 Å². The third-order valence-corrected chi connectivity index (χ3v) is 2.98. The second kappa shape index (κ2) is 5.36. The zero-order valence-corrected chi connectivity index (χ0v) is 10.5. The molecule has 18 heavy (non-hydrogen) atoms. The van der Waals surface area contributed by atoms with E-state index in [1.54, 1.807) is 19.1 Å². The van der Waals surface area contributed by atoms with Crippen LogP contribution in [0, 0.1) is 18.6 Å². The minimum atomic E-state index is -0.478. The monoisotopic (exact) mass is 268 g/mol. The Labute approximate surface area is 109 Å². The van der Waals surface area contributed by atoms with Gasteiger partial charge in [0.15, 0.2) is 0 Å². The zero-order valence-electron chi connectivity index (χ0n) is 9.71. The van der Waals surface area contributed by atoms with E-state index in [2.05, 4.69) is 0 Å². The fourth-order valence-electron chi connectivity index (χ4n) is 1.59. The van der Waals surface area contributed by atoms with E-state index in [-0.39, 0.29) is 17.4 Å². The predicted octanol–water partition coefficient (Wildman–Crippen LogP) is 4.51. The van der Waals surface area contributed by atoms with E-state index in [4.69, 9.17) is 16.3 Å². The molecule has 0 spiro atoms. The molecule has 0 saturated heterocycles. The third kappa shape index (κ3) is 2.79. The van der Waals surface area contributed by atoms with Crippen LogP contribution in [0.2, 0.25) is 5.02 Å². The lowest BCUT2D eigenvalue weighted by atomic mass is 10.2. The van der Waals surface area contributed by atoms with Crippen molar-refractivity contribution in [3.8, 4) is 5.75 Å². The Hall–Kier alpha value is -1.61. The summed E-state index contributed by atoms with van der Waals surface area (Å²) in [5, 5.41) is 0.0530. The van der Waals surface area contributed by atoms with Gasteiger partial charge in [0.05, 0.1) is 5.02 Å². The van der Waals surface area contributed by atoms with Crippen LogP contribution >= 0.6 is 11.6 Å². The highest BCUT2D eigenvalue weighted by atomic mass is 35.5.